The van der Waals surface area contributed by atoms with Crippen molar-refractivity contribution in [2.24, 2.45) is 0 Å². The molecule has 0 unspecified atom stereocenters. The molecule has 0 bridgehead atoms. The average molecular weight is 164 g/mol. The molecule has 0 atom stereocenters. The Morgan fingerprint density at radius 1 is 1.67 bits per heavy atom. The van der Waals surface area contributed by atoms with Crippen molar-refractivity contribution in [3.63, 3.8) is 0 Å². The maximum absolute atomic E-state index is 5.66. The largest absolute Gasteiger partial charge is 0.501 e. The van der Waals surface area contributed by atoms with Gasteiger partial charge >= 0.3 is 0 Å². The second-order valence-electron chi connectivity index (χ2n) is 2.26. The number of anilines is 1. The number of aromatic nitrogens is 1. The Morgan fingerprint density at radius 2 is 2.50 bits per heavy atom. The first-order valence-corrected chi connectivity index (χ1v) is 3.82. The topological polar surface area (TPSA) is 48.1 Å². The Labute approximate surface area is 71.9 Å². The summed E-state index contributed by atoms with van der Waals surface area (Å²) in [6, 6.07) is 1.76. The molecule has 0 radical (unpaired) electrons. The summed E-state index contributed by atoms with van der Waals surface area (Å²) in [6.45, 7) is 2.59. The zero-order chi connectivity index (χ0) is 8.81. The number of nitrogens with zero attached hydrogens (tertiary/aromatic N) is 1. The van der Waals surface area contributed by atoms with Crippen LogP contribution in [0.1, 0.15) is 12.5 Å². The molecule has 64 valence electrons. The molecule has 0 saturated carbocycles. The minimum atomic E-state index is 0.663. The SMILES string of the molecule is CCO/C=C/c1cnccc1N. The van der Waals surface area contributed by atoms with E-state index in [0.717, 1.165) is 5.56 Å². The summed E-state index contributed by atoms with van der Waals surface area (Å²) in [5.41, 5.74) is 7.25. The third-order valence-corrected chi connectivity index (χ3v) is 1.40. The fourth-order valence-corrected chi connectivity index (χ4v) is 0.774. The Hall–Kier alpha value is -1.51. The van der Waals surface area contributed by atoms with Crippen LogP contribution in [0.5, 0.6) is 0 Å². The monoisotopic (exact) mass is 164 g/mol. The van der Waals surface area contributed by atoms with E-state index in [1.165, 1.54) is 0 Å². The Morgan fingerprint density at radius 3 is 3.17 bits per heavy atom. The first-order valence-electron chi connectivity index (χ1n) is 3.82. The van der Waals surface area contributed by atoms with Crippen molar-refractivity contribution in [2.45, 2.75) is 6.92 Å². The van der Waals surface area contributed by atoms with Crippen LogP contribution in [0.4, 0.5) is 5.69 Å². The summed E-state index contributed by atoms with van der Waals surface area (Å²) in [5, 5.41) is 0. The molecule has 1 rings (SSSR count). The van der Waals surface area contributed by atoms with Crippen LogP contribution >= 0.6 is 0 Å². The van der Waals surface area contributed by atoms with Gasteiger partial charge in [0.2, 0.25) is 0 Å². The van der Waals surface area contributed by atoms with E-state index in [0.29, 0.717) is 12.3 Å². The van der Waals surface area contributed by atoms with E-state index in [1.807, 2.05) is 6.92 Å². The van der Waals surface area contributed by atoms with Gasteiger partial charge in [0, 0.05) is 23.6 Å². The molecule has 0 aliphatic rings. The lowest BCUT2D eigenvalue weighted by atomic mass is 10.2. The predicted octanol–water partition coefficient (Wildman–Crippen LogP) is 1.67. The molecule has 0 saturated heterocycles. The summed E-state index contributed by atoms with van der Waals surface area (Å²) in [5.74, 6) is 0. The number of hydrogen-bond donors (Lipinski definition) is 1. The fraction of sp³-hybridized carbons (Fsp3) is 0.222. The molecule has 3 nitrogen and oxygen atoms in total. The van der Waals surface area contributed by atoms with Gasteiger partial charge in [-0.1, -0.05) is 0 Å². The fourth-order valence-electron chi connectivity index (χ4n) is 0.774. The molecule has 12 heavy (non-hydrogen) atoms. The maximum atomic E-state index is 5.66. The summed E-state index contributed by atoms with van der Waals surface area (Å²) in [7, 11) is 0. The summed E-state index contributed by atoms with van der Waals surface area (Å²) in [4.78, 5) is 3.94. The second kappa shape index (κ2) is 4.38. The highest BCUT2D eigenvalue weighted by Crippen LogP contribution is 2.09. The van der Waals surface area contributed by atoms with Gasteiger partial charge in [0.15, 0.2) is 0 Å². The molecule has 1 aromatic rings. The third-order valence-electron chi connectivity index (χ3n) is 1.40. The molecule has 0 aliphatic heterocycles. The summed E-state index contributed by atoms with van der Waals surface area (Å²) in [6.07, 6.45) is 6.78. The van der Waals surface area contributed by atoms with Gasteiger partial charge in [0.25, 0.3) is 0 Å². The molecule has 3 heteroatoms. The van der Waals surface area contributed by atoms with Crippen molar-refractivity contribution in [1.29, 1.82) is 0 Å². The van der Waals surface area contributed by atoms with Gasteiger partial charge in [-0.2, -0.15) is 0 Å². The number of ether oxygens (including phenoxy) is 1. The molecular weight excluding hydrogens is 152 g/mol. The molecule has 0 aliphatic carbocycles. The Balaban J connectivity index is 2.68. The lowest BCUT2D eigenvalue weighted by Crippen LogP contribution is -1.89. The van der Waals surface area contributed by atoms with Crippen molar-refractivity contribution < 1.29 is 4.74 Å². The van der Waals surface area contributed by atoms with E-state index in [2.05, 4.69) is 4.98 Å². The van der Waals surface area contributed by atoms with E-state index >= 15 is 0 Å². The highest BCUT2D eigenvalue weighted by atomic mass is 16.5. The molecule has 0 spiro atoms. The van der Waals surface area contributed by atoms with Gasteiger partial charge in [-0.05, 0) is 19.1 Å². The van der Waals surface area contributed by atoms with Crippen molar-refractivity contribution in [2.75, 3.05) is 12.3 Å². The van der Waals surface area contributed by atoms with E-state index in [1.54, 1.807) is 30.8 Å². The molecule has 1 aromatic heterocycles. The Kier molecular flexibility index (Phi) is 3.14. The van der Waals surface area contributed by atoms with Crippen LogP contribution < -0.4 is 5.73 Å². The highest BCUT2D eigenvalue weighted by molar-refractivity contribution is 5.62. The molecule has 2 N–H and O–H groups in total. The maximum Gasteiger partial charge on any atom is 0.0845 e. The van der Waals surface area contributed by atoms with Crippen LogP contribution in [0.2, 0.25) is 0 Å². The summed E-state index contributed by atoms with van der Waals surface area (Å²) >= 11 is 0. The van der Waals surface area contributed by atoms with Crippen molar-refractivity contribution in [3.05, 3.63) is 30.3 Å². The molecule has 1 heterocycles. The van der Waals surface area contributed by atoms with Gasteiger partial charge in [-0.25, -0.2) is 0 Å². The first kappa shape index (κ1) is 8.59. The average Bonchev–Trinajstić information content (AvgIpc) is 2.09. The van der Waals surface area contributed by atoms with E-state index in [-0.39, 0.29) is 0 Å². The third kappa shape index (κ3) is 2.27. The van der Waals surface area contributed by atoms with Crippen molar-refractivity contribution in [1.82, 2.24) is 4.98 Å². The van der Waals surface area contributed by atoms with Crippen molar-refractivity contribution >= 4 is 11.8 Å². The summed E-state index contributed by atoms with van der Waals surface area (Å²) < 4.78 is 5.03. The van der Waals surface area contributed by atoms with Gasteiger partial charge in [-0.15, -0.1) is 0 Å². The standard InChI is InChI=1S/C9H12N2O/c1-2-12-6-4-8-7-11-5-3-9(8)10/h3-7H,2H2,1H3,(H2,10,11)/b6-4+. The second-order valence-corrected chi connectivity index (χ2v) is 2.26. The number of nitrogens with two attached hydrogens (primary N) is 1. The number of nitrogen functional groups attached to an aromatic ring is 1. The normalized spacial score (nSPS) is 10.4. The van der Waals surface area contributed by atoms with E-state index in [4.69, 9.17) is 10.5 Å². The van der Waals surface area contributed by atoms with Gasteiger partial charge < -0.3 is 10.5 Å². The quantitative estimate of drug-likeness (QED) is 0.691. The highest BCUT2D eigenvalue weighted by Gasteiger charge is 1.91. The molecule has 0 aromatic carbocycles. The lowest BCUT2D eigenvalue weighted by Gasteiger charge is -1.97. The van der Waals surface area contributed by atoms with E-state index in [9.17, 15) is 0 Å². The van der Waals surface area contributed by atoms with Gasteiger partial charge in [-0.3, -0.25) is 4.98 Å². The van der Waals surface area contributed by atoms with Crippen LogP contribution in [0.25, 0.3) is 6.08 Å². The van der Waals surface area contributed by atoms with Gasteiger partial charge in [0.05, 0.1) is 12.9 Å². The van der Waals surface area contributed by atoms with Crippen LogP contribution in [-0.4, -0.2) is 11.6 Å². The first-order chi connectivity index (χ1) is 5.84. The smallest absolute Gasteiger partial charge is 0.0845 e. The zero-order valence-corrected chi connectivity index (χ0v) is 7.03. The number of pyridine rings is 1. The predicted molar refractivity (Wildman–Crippen MR) is 49.3 cm³/mol. The zero-order valence-electron chi connectivity index (χ0n) is 7.03. The van der Waals surface area contributed by atoms with Crippen LogP contribution in [0.15, 0.2) is 24.7 Å². The minimum Gasteiger partial charge on any atom is -0.501 e. The van der Waals surface area contributed by atoms with Crippen molar-refractivity contribution in [3.8, 4) is 0 Å². The van der Waals surface area contributed by atoms with Crippen LogP contribution in [-0.2, 0) is 4.74 Å². The molecular formula is C9H12N2O. The Bertz CT molecular complexity index is 271. The molecule has 0 amide bonds. The molecule has 0 fully saturated rings. The number of hydrogen-bond acceptors (Lipinski definition) is 3. The van der Waals surface area contributed by atoms with Gasteiger partial charge in [0.1, 0.15) is 0 Å². The lowest BCUT2D eigenvalue weighted by molar-refractivity contribution is 0.272. The minimum absolute atomic E-state index is 0.663. The number of rotatable bonds is 3. The van der Waals surface area contributed by atoms with E-state index < -0.39 is 0 Å². The van der Waals surface area contributed by atoms with Crippen LogP contribution in [0.3, 0.4) is 0 Å². The van der Waals surface area contributed by atoms with Crippen LogP contribution in [0, 0.1) is 0 Å².